The third-order valence-electron chi connectivity index (χ3n) is 3.25. The summed E-state index contributed by atoms with van der Waals surface area (Å²) in [6.45, 7) is 1.13. The smallest absolute Gasteiger partial charge is 0.242 e. The van der Waals surface area contributed by atoms with Crippen LogP contribution in [0.4, 0.5) is 4.39 Å². The molecule has 0 amide bonds. The molecule has 0 bridgehead atoms. The largest absolute Gasteiger partial charge is 0.309 e. The normalized spacial score (nSPS) is 11.8. The van der Waals surface area contributed by atoms with Gasteiger partial charge in [-0.1, -0.05) is 24.3 Å². The Bertz CT molecular complexity index is 728. The quantitative estimate of drug-likeness (QED) is 0.888. The zero-order valence-electron chi connectivity index (χ0n) is 12.6. The Kier molecular flexibility index (Phi) is 5.28. The van der Waals surface area contributed by atoms with Gasteiger partial charge in [-0.2, -0.15) is 0 Å². The van der Waals surface area contributed by atoms with E-state index in [1.54, 1.807) is 30.3 Å². The van der Waals surface area contributed by atoms with Crippen molar-refractivity contribution in [3.63, 3.8) is 0 Å². The van der Waals surface area contributed by atoms with Gasteiger partial charge in [0.15, 0.2) is 0 Å². The highest BCUT2D eigenvalue weighted by Gasteiger charge is 2.16. The Morgan fingerprint density at radius 3 is 2.23 bits per heavy atom. The molecule has 0 aliphatic carbocycles. The second-order valence-electron chi connectivity index (χ2n) is 5.16. The summed E-state index contributed by atoms with van der Waals surface area (Å²) in [6.07, 6.45) is 0. The van der Waals surface area contributed by atoms with Crippen LogP contribution < -0.4 is 5.32 Å². The van der Waals surface area contributed by atoms with Gasteiger partial charge in [0, 0.05) is 27.2 Å². The Balaban J connectivity index is 1.95. The molecule has 0 saturated heterocycles. The van der Waals surface area contributed by atoms with Gasteiger partial charge in [-0.25, -0.2) is 17.1 Å². The van der Waals surface area contributed by atoms with E-state index in [0.29, 0.717) is 13.1 Å². The van der Waals surface area contributed by atoms with Crippen LogP contribution in [0.2, 0.25) is 0 Å². The maximum absolute atomic E-state index is 13.1. The fourth-order valence-electron chi connectivity index (χ4n) is 1.99. The Hall–Kier alpha value is -1.76. The molecule has 2 aromatic rings. The highest BCUT2D eigenvalue weighted by molar-refractivity contribution is 7.89. The molecule has 0 spiro atoms. The minimum absolute atomic E-state index is 0.252. The van der Waals surface area contributed by atoms with E-state index in [1.165, 1.54) is 30.5 Å². The predicted octanol–water partition coefficient (Wildman–Crippen LogP) is 2.37. The van der Waals surface area contributed by atoms with E-state index in [2.05, 4.69) is 5.32 Å². The van der Waals surface area contributed by atoms with Crippen LogP contribution >= 0.6 is 0 Å². The van der Waals surface area contributed by atoms with Crippen LogP contribution in [0.25, 0.3) is 0 Å². The van der Waals surface area contributed by atoms with Gasteiger partial charge in [-0.15, -0.1) is 0 Å². The lowest BCUT2D eigenvalue weighted by Gasteiger charge is -2.12. The number of rotatable bonds is 6. The highest BCUT2D eigenvalue weighted by atomic mass is 32.2. The molecule has 22 heavy (non-hydrogen) atoms. The summed E-state index contributed by atoms with van der Waals surface area (Å²) in [5.41, 5.74) is 1.83. The standard InChI is InChI=1S/C16H19FN2O2S/c1-19(2)22(20,21)16-8-6-13(7-9-16)11-18-12-14-4-3-5-15(17)10-14/h3-10,18H,11-12H2,1-2H3. The molecular formula is C16H19FN2O2S. The number of halogens is 1. The molecule has 2 aromatic carbocycles. The Labute approximate surface area is 130 Å². The lowest BCUT2D eigenvalue weighted by molar-refractivity contribution is 0.520. The number of nitrogens with zero attached hydrogens (tertiary/aromatic N) is 1. The van der Waals surface area contributed by atoms with Crippen LogP contribution in [0.3, 0.4) is 0 Å². The SMILES string of the molecule is CN(C)S(=O)(=O)c1ccc(CNCc2cccc(F)c2)cc1. The van der Waals surface area contributed by atoms with Gasteiger partial charge >= 0.3 is 0 Å². The first-order chi connectivity index (χ1) is 10.4. The summed E-state index contributed by atoms with van der Waals surface area (Å²) in [4.78, 5) is 0.270. The molecule has 0 aliphatic rings. The highest BCUT2D eigenvalue weighted by Crippen LogP contribution is 2.14. The molecule has 0 saturated carbocycles. The van der Waals surface area contributed by atoms with Crippen molar-refractivity contribution in [1.29, 1.82) is 0 Å². The molecule has 4 nitrogen and oxygen atoms in total. The molecule has 2 rings (SSSR count). The molecule has 0 aliphatic heterocycles. The average molecular weight is 322 g/mol. The molecule has 0 atom stereocenters. The van der Waals surface area contributed by atoms with Crippen molar-refractivity contribution >= 4 is 10.0 Å². The van der Waals surface area contributed by atoms with Crippen molar-refractivity contribution in [2.24, 2.45) is 0 Å². The lowest BCUT2D eigenvalue weighted by Crippen LogP contribution is -2.22. The van der Waals surface area contributed by atoms with Crippen molar-refractivity contribution in [2.75, 3.05) is 14.1 Å². The number of hydrogen-bond donors (Lipinski definition) is 1. The molecule has 0 radical (unpaired) electrons. The monoisotopic (exact) mass is 322 g/mol. The fraction of sp³-hybridized carbons (Fsp3) is 0.250. The van der Waals surface area contributed by atoms with Gasteiger partial charge in [0.1, 0.15) is 5.82 Å². The van der Waals surface area contributed by atoms with Crippen LogP contribution in [0.1, 0.15) is 11.1 Å². The maximum Gasteiger partial charge on any atom is 0.242 e. The van der Waals surface area contributed by atoms with Crippen LogP contribution in [0, 0.1) is 5.82 Å². The van der Waals surface area contributed by atoms with Crippen LogP contribution in [0.5, 0.6) is 0 Å². The summed E-state index contributed by atoms with van der Waals surface area (Å²) < 4.78 is 38.1. The summed E-state index contributed by atoms with van der Waals surface area (Å²) in [6, 6.07) is 13.1. The summed E-state index contributed by atoms with van der Waals surface area (Å²) in [7, 11) is -0.383. The van der Waals surface area contributed by atoms with Crippen molar-refractivity contribution < 1.29 is 12.8 Å². The number of sulfonamides is 1. The summed E-state index contributed by atoms with van der Waals surface area (Å²) in [5.74, 6) is -0.252. The van der Waals surface area contributed by atoms with Gasteiger partial charge in [0.05, 0.1) is 4.90 Å². The minimum atomic E-state index is -3.39. The van der Waals surface area contributed by atoms with Gasteiger partial charge in [-0.3, -0.25) is 0 Å². The maximum atomic E-state index is 13.1. The van der Waals surface area contributed by atoms with Crippen LogP contribution in [0.15, 0.2) is 53.4 Å². The zero-order chi connectivity index (χ0) is 16.2. The first-order valence-electron chi connectivity index (χ1n) is 6.86. The first kappa shape index (κ1) is 16.6. The molecule has 0 heterocycles. The lowest BCUT2D eigenvalue weighted by atomic mass is 10.2. The van der Waals surface area contributed by atoms with Crippen molar-refractivity contribution in [2.45, 2.75) is 18.0 Å². The second kappa shape index (κ2) is 7.00. The van der Waals surface area contributed by atoms with E-state index in [-0.39, 0.29) is 10.7 Å². The zero-order valence-corrected chi connectivity index (χ0v) is 13.4. The predicted molar refractivity (Wildman–Crippen MR) is 84.3 cm³/mol. The van der Waals surface area contributed by atoms with Gasteiger partial charge < -0.3 is 5.32 Å². The fourth-order valence-corrected chi connectivity index (χ4v) is 2.89. The van der Waals surface area contributed by atoms with E-state index in [1.807, 2.05) is 6.07 Å². The van der Waals surface area contributed by atoms with Gasteiger partial charge in [0.25, 0.3) is 0 Å². The second-order valence-corrected chi connectivity index (χ2v) is 7.32. The molecular weight excluding hydrogens is 303 g/mol. The van der Waals surface area contributed by atoms with Gasteiger partial charge in [-0.05, 0) is 35.4 Å². The van der Waals surface area contributed by atoms with E-state index in [0.717, 1.165) is 11.1 Å². The third-order valence-corrected chi connectivity index (χ3v) is 5.08. The first-order valence-corrected chi connectivity index (χ1v) is 8.30. The molecule has 0 unspecified atom stereocenters. The van der Waals surface area contributed by atoms with Crippen LogP contribution in [-0.4, -0.2) is 26.8 Å². The average Bonchev–Trinajstić information content (AvgIpc) is 2.48. The summed E-state index contributed by atoms with van der Waals surface area (Å²) >= 11 is 0. The third kappa shape index (κ3) is 4.13. The number of benzene rings is 2. The van der Waals surface area contributed by atoms with Crippen molar-refractivity contribution in [3.8, 4) is 0 Å². The van der Waals surface area contributed by atoms with E-state index >= 15 is 0 Å². The Morgan fingerprint density at radius 2 is 1.64 bits per heavy atom. The van der Waals surface area contributed by atoms with Gasteiger partial charge in [0.2, 0.25) is 10.0 Å². The topological polar surface area (TPSA) is 49.4 Å². The number of nitrogens with one attached hydrogen (secondary N) is 1. The molecule has 118 valence electrons. The molecule has 0 fully saturated rings. The summed E-state index contributed by atoms with van der Waals surface area (Å²) in [5, 5.41) is 3.20. The van der Waals surface area contributed by atoms with Crippen molar-refractivity contribution in [1.82, 2.24) is 9.62 Å². The van der Waals surface area contributed by atoms with E-state index in [4.69, 9.17) is 0 Å². The number of hydrogen-bond acceptors (Lipinski definition) is 3. The molecule has 0 aromatic heterocycles. The molecule has 1 N–H and O–H groups in total. The van der Waals surface area contributed by atoms with Crippen LogP contribution in [-0.2, 0) is 23.1 Å². The molecule has 6 heteroatoms. The van der Waals surface area contributed by atoms with E-state index in [9.17, 15) is 12.8 Å². The van der Waals surface area contributed by atoms with E-state index < -0.39 is 10.0 Å². The minimum Gasteiger partial charge on any atom is -0.309 e. The Morgan fingerprint density at radius 1 is 1.00 bits per heavy atom. The van der Waals surface area contributed by atoms with Crippen molar-refractivity contribution in [3.05, 3.63) is 65.5 Å².